The van der Waals surface area contributed by atoms with Crippen LogP contribution in [0, 0.1) is 0 Å². The van der Waals surface area contributed by atoms with Gasteiger partial charge in [-0.15, -0.1) is 0 Å². The monoisotopic (exact) mass is 376 g/mol. The van der Waals surface area contributed by atoms with Crippen LogP contribution in [0.5, 0.6) is 0 Å². The van der Waals surface area contributed by atoms with Crippen molar-refractivity contribution in [2.45, 2.75) is 44.9 Å². The molecule has 1 aromatic rings. The van der Waals surface area contributed by atoms with Gasteiger partial charge in [0.25, 0.3) is 5.91 Å². The summed E-state index contributed by atoms with van der Waals surface area (Å²) in [5.74, 6) is -0.917. The number of esters is 1. The Balaban J connectivity index is 2.09. The summed E-state index contributed by atoms with van der Waals surface area (Å²) in [5, 5.41) is 2.80. The lowest BCUT2D eigenvalue weighted by molar-refractivity contribution is -0.145. The number of hydrogen-bond acceptors (Lipinski definition) is 6. The second kappa shape index (κ2) is 8.20. The minimum atomic E-state index is -0.826. The van der Waals surface area contributed by atoms with Gasteiger partial charge in [-0.05, 0) is 32.9 Å². The summed E-state index contributed by atoms with van der Waals surface area (Å²) >= 11 is 0. The molecule has 1 aromatic carbocycles. The van der Waals surface area contributed by atoms with Crippen LogP contribution in [0.3, 0.4) is 0 Å². The summed E-state index contributed by atoms with van der Waals surface area (Å²) in [6.07, 6.45) is 0.285. The van der Waals surface area contributed by atoms with Crippen LogP contribution < -0.4 is 5.32 Å². The van der Waals surface area contributed by atoms with E-state index in [1.54, 1.807) is 32.9 Å². The molecule has 1 fully saturated rings. The Labute approximate surface area is 157 Å². The predicted molar refractivity (Wildman–Crippen MR) is 96.4 cm³/mol. The van der Waals surface area contributed by atoms with E-state index in [1.165, 1.54) is 24.1 Å². The molecule has 1 aliphatic heterocycles. The Morgan fingerprint density at radius 1 is 1.19 bits per heavy atom. The zero-order valence-electron chi connectivity index (χ0n) is 15.9. The van der Waals surface area contributed by atoms with Crippen LogP contribution in [-0.4, -0.2) is 60.5 Å². The number of nitrogens with zero attached hydrogens (tertiary/aromatic N) is 1. The Morgan fingerprint density at radius 2 is 1.81 bits per heavy atom. The number of aldehydes is 1. The lowest BCUT2D eigenvalue weighted by atomic mass is 10.1. The van der Waals surface area contributed by atoms with Crippen molar-refractivity contribution >= 4 is 24.3 Å². The highest BCUT2D eigenvalue weighted by Crippen LogP contribution is 2.22. The molecule has 2 amide bonds. The zero-order valence-corrected chi connectivity index (χ0v) is 15.9. The Bertz CT molecular complexity index is 723. The van der Waals surface area contributed by atoms with Crippen LogP contribution >= 0.6 is 0 Å². The van der Waals surface area contributed by atoms with E-state index < -0.39 is 29.7 Å². The molecule has 0 aliphatic carbocycles. The molecule has 0 saturated carbocycles. The molecule has 0 spiro atoms. The number of carbonyl (C=O) groups is 4. The van der Waals surface area contributed by atoms with Gasteiger partial charge in [0.05, 0.1) is 7.11 Å². The third-order valence-corrected chi connectivity index (χ3v) is 4.05. The lowest BCUT2D eigenvalue weighted by Gasteiger charge is -2.27. The number of nitrogens with one attached hydrogen (secondary N) is 1. The number of likely N-dealkylation sites (tertiary alicyclic amines) is 1. The van der Waals surface area contributed by atoms with Crippen molar-refractivity contribution in [2.75, 3.05) is 13.7 Å². The average molecular weight is 376 g/mol. The standard InChI is InChI=1S/C19H24N2O6/c1-19(2,3)27-18(25)21-10-14(9-15(21)17(24)26-4)20-16(23)13-7-5-12(11-22)6-8-13/h5-8,11,14-15H,9-10H2,1-4H3,(H,20,23). The average Bonchev–Trinajstić information content (AvgIpc) is 3.03. The molecule has 1 N–H and O–H groups in total. The van der Waals surface area contributed by atoms with Crippen molar-refractivity contribution < 1.29 is 28.7 Å². The molecule has 146 valence electrons. The highest BCUT2D eigenvalue weighted by molar-refractivity contribution is 5.95. The van der Waals surface area contributed by atoms with E-state index in [2.05, 4.69) is 5.32 Å². The van der Waals surface area contributed by atoms with Crippen molar-refractivity contribution in [1.82, 2.24) is 10.2 Å². The van der Waals surface area contributed by atoms with Crippen LogP contribution in [0.2, 0.25) is 0 Å². The van der Waals surface area contributed by atoms with Crippen LogP contribution in [-0.2, 0) is 14.3 Å². The Morgan fingerprint density at radius 3 is 2.33 bits per heavy atom. The molecule has 1 aliphatic rings. The van der Waals surface area contributed by atoms with Crippen molar-refractivity contribution in [1.29, 1.82) is 0 Å². The van der Waals surface area contributed by atoms with Gasteiger partial charge < -0.3 is 14.8 Å². The zero-order chi connectivity index (χ0) is 20.2. The summed E-state index contributed by atoms with van der Waals surface area (Å²) in [4.78, 5) is 48.8. The van der Waals surface area contributed by atoms with Gasteiger partial charge >= 0.3 is 12.1 Å². The fourth-order valence-corrected chi connectivity index (χ4v) is 2.80. The third kappa shape index (κ3) is 5.29. The van der Waals surface area contributed by atoms with Gasteiger partial charge in [-0.3, -0.25) is 14.5 Å². The van der Waals surface area contributed by atoms with Crippen molar-refractivity contribution in [3.8, 4) is 0 Å². The van der Waals surface area contributed by atoms with E-state index in [9.17, 15) is 19.2 Å². The third-order valence-electron chi connectivity index (χ3n) is 4.05. The number of benzene rings is 1. The normalized spacial score (nSPS) is 19.3. The molecule has 2 unspecified atom stereocenters. The largest absolute Gasteiger partial charge is 0.467 e. The van der Waals surface area contributed by atoms with Crippen molar-refractivity contribution in [3.63, 3.8) is 0 Å². The number of methoxy groups -OCH3 is 1. The predicted octanol–water partition coefficient (Wildman–Crippen LogP) is 1.78. The van der Waals surface area contributed by atoms with Gasteiger partial charge in [-0.1, -0.05) is 12.1 Å². The summed E-state index contributed by atoms with van der Waals surface area (Å²) in [6.45, 7) is 5.33. The van der Waals surface area contributed by atoms with Crippen molar-refractivity contribution in [2.24, 2.45) is 0 Å². The van der Waals surface area contributed by atoms with E-state index in [0.29, 0.717) is 17.4 Å². The maximum Gasteiger partial charge on any atom is 0.411 e. The van der Waals surface area contributed by atoms with E-state index in [-0.39, 0.29) is 18.9 Å². The first-order chi connectivity index (χ1) is 12.6. The SMILES string of the molecule is COC(=O)C1CC(NC(=O)c2ccc(C=O)cc2)CN1C(=O)OC(C)(C)C. The molecule has 0 aromatic heterocycles. The summed E-state index contributed by atoms with van der Waals surface area (Å²) in [7, 11) is 1.25. The molecule has 1 heterocycles. The van der Waals surface area contributed by atoms with Crippen LogP contribution in [0.15, 0.2) is 24.3 Å². The van der Waals surface area contributed by atoms with Gasteiger partial charge in [-0.2, -0.15) is 0 Å². The fraction of sp³-hybridized carbons (Fsp3) is 0.474. The highest BCUT2D eigenvalue weighted by Gasteiger charge is 2.42. The first-order valence-corrected chi connectivity index (χ1v) is 8.58. The van der Waals surface area contributed by atoms with Gasteiger partial charge in [0, 0.05) is 30.1 Å². The number of amides is 2. The quantitative estimate of drug-likeness (QED) is 0.635. The van der Waals surface area contributed by atoms with Gasteiger partial charge in [0.15, 0.2) is 0 Å². The molecule has 0 radical (unpaired) electrons. The summed E-state index contributed by atoms with van der Waals surface area (Å²) < 4.78 is 10.1. The maximum absolute atomic E-state index is 12.4. The number of hydrogen-bond donors (Lipinski definition) is 1. The van der Waals surface area contributed by atoms with Crippen LogP contribution in [0.25, 0.3) is 0 Å². The maximum atomic E-state index is 12.4. The second-order valence-corrected chi connectivity index (χ2v) is 7.32. The highest BCUT2D eigenvalue weighted by atomic mass is 16.6. The van der Waals surface area contributed by atoms with Crippen molar-refractivity contribution in [3.05, 3.63) is 35.4 Å². The smallest absolute Gasteiger partial charge is 0.411 e. The second-order valence-electron chi connectivity index (χ2n) is 7.32. The first kappa shape index (κ1) is 20.4. The minimum Gasteiger partial charge on any atom is -0.467 e. The number of ether oxygens (including phenoxy) is 2. The molecule has 2 atom stereocenters. The van der Waals surface area contributed by atoms with Gasteiger partial charge in [-0.25, -0.2) is 9.59 Å². The molecule has 27 heavy (non-hydrogen) atoms. The molecule has 2 rings (SSSR count). The van der Waals surface area contributed by atoms with Crippen LogP contribution in [0.1, 0.15) is 47.9 Å². The lowest BCUT2D eigenvalue weighted by Crippen LogP contribution is -2.44. The number of carbonyl (C=O) groups excluding carboxylic acids is 4. The van der Waals surface area contributed by atoms with Crippen LogP contribution in [0.4, 0.5) is 4.79 Å². The van der Waals surface area contributed by atoms with Gasteiger partial charge in [0.2, 0.25) is 0 Å². The Kier molecular flexibility index (Phi) is 6.20. The molecule has 1 saturated heterocycles. The van der Waals surface area contributed by atoms with Gasteiger partial charge in [0.1, 0.15) is 17.9 Å². The molecule has 8 heteroatoms. The number of rotatable bonds is 4. The molecular weight excluding hydrogens is 352 g/mol. The summed E-state index contributed by atoms with van der Waals surface area (Å²) in [6, 6.07) is 4.91. The topological polar surface area (TPSA) is 102 Å². The molecular formula is C19H24N2O6. The van der Waals surface area contributed by atoms with E-state index in [0.717, 1.165) is 0 Å². The Hall–Kier alpha value is -2.90. The first-order valence-electron chi connectivity index (χ1n) is 8.58. The van der Waals surface area contributed by atoms with E-state index in [4.69, 9.17) is 9.47 Å². The minimum absolute atomic E-state index is 0.132. The fourth-order valence-electron chi connectivity index (χ4n) is 2.80. The molecule has 8 nitrogen and oxygen atoms in total. The summed E-state index contributed by atoms with van der Waals surface area (Å²) in [5.41, 5.74) is 0.139. The molecule has 0 bridgehead atoms. The van der Waals surface area contributed by atoms with E-state index in [1.807, 2.05) is 0 Å². The van der Waals surface area contributed by atoms with E-state index >= 15 is 0 Å².